The fourth-order valence-corrected chi connectivity index (χ4v) is 2.91. The smallest absolute Gasteiger partial charge is 0.325 e. The lowest BCUT2D eigenvalue weighted by Gasteiger charge is -2.08. The van der Waals surface area contributed by atoms with Crippen molar-refractivity contribution in [2.24, 2.45) is 5.92 Å². The molecule has 134 valence electrons. The highest BCUT2D eigenvalue weighted by atomic mass is 16.2. The van der Waals surface area contributed by atoms with E-state index in [1.54, 1.807) is 18.3 Å². The molecule has 7 heteroatoms. The van der Waals surface area contributed by atoms with Crippen molar-refractivity contribution in [3.63, 3.8) is 0 Å². The van der Waals surface area contributed by atoms with Crippen LogP contribution in [0.3, 0.4) is 0 Å². The molecule has 1 fully saturated rings. The molecule has 0 aliphatic heterocycles. The molecule has 1 aromatic carbocycles. The number of hydrogen-bond donors (Lipinski definition) is 2. The predicted molar refractivity (Wildman–Crippen MR) is 99.2 cm³/mol. The monoisotopic (exact) mass is 351 g/mol. The summed E-state index contributed by atoms with van der Waals surface area (Å²) in [6.07, 6.45) is 4.23. The van der Waals surface area contributed by atoms with Crippen LogP contribution in [0.5, 0.6) is 0 Å². The van der Waals surface area contributed by atoms with Gasteiger partial charge in [0.15, 0.2) is 5.65 Å². The molecule has 0 spiro atoms. The van der Waals surface area contributed by atoms with E-state index in [2.05, 4.69) is 15.7 Å². The zero-order valence-electron chi connectivity index (χ0n) is 14.4. The molecule has 0 radical (unpaired) electrons. The molecule has 1 aliphatic carbocycles. The Bertz CT molecular complexity index is 987. The quantitative estimate of drug-likeness (QED) is 0.676. The molecule has 0 saturated heterocycles. The van der Waals surface area contributed by atoms with Gasteiger partial charge in [0.25, 0.3) is 0 Å². The molecule has 0 atom stereocenters. The molecule has 7 nitrogen and oxygen atoms in total. The number of anilines is 1. The third-order valence-electron chi connectivity index (χ3n) is 4.45. The highest BCUT2D eigenvalue weighted by molar-refractivity contribution is 5.92. The van der Waals surface area contributed by atoms with Crippen molar-refractivity contribution >= 4 is 17.2 Å². The van der Waals surface area contributed by atoms with Crippen molar-refractivity contribution in [2.45, 2.75) is 19.4 Å². The second-order valence-electron chi connectivity index (χ2n) is 6.69. The second-order valence-corrected chi connectivity index (χ2v) is 6.69. The van der Waals surface area contributed by atoms with E-state index in [4.69, 9.17) is 0 Å². The predicted octanol–water partition coefficient (Wildman–Crippen LogP) is 1.48. The summed E-state index contributed by atoms with van der Waals surface area (Å²) in [4.78, 5) is 24.4. The molecule has 2 heterocycles. The van der Waals surface area contributed by atoms with Gasteiger partial charge in [-0.15, -0.1) is 5.10 Å². The summed E-state index contributed by atoms with van der Waals surface area (Å²) in [7, 11) is 0. The number of benzene rings is 1. The third-order valence-corrected chi connectivity index (χ3v) is 4.45. The standard InChI is InChI=1S/C19H21N5O2/c25-18(12-20-11-14-7-8-14)21-16-5-3-4-15(10-16)13-24-19(26)23-9-2-1-6-17(23)22-24/h1-6,9-10,14,20H,7-8,11-13H2,(H,21,25). The number of carbonyl (C=O) groups is 1. The number of carbonyl (C=O) groups excluding carboxylic acids is 1. The second kappa shape index (κ2) is 7.13. The number of pyridine rings is 1. The van der Waals surface area contributed by atoms with Crippen LogP contribution in [0, 0.1) is 5.92 Å². The zero-order chi connectivity index (χ0) is 17.9. The summed E-state index contributed by atoms with van der Waals surface area (Å²) < 4.78 is 2.94. The molecule has 0 unspecified atom stereocenters. The van der Waals surface area contributed by atoms with Crippen LogP contribution in [-0.4, -0.2) is 33.2 Å². The van der Waals surface area contributed by atoms with E-state index in [0.29, 0.717) is 18.7 Å². The van der Waals surface area contributed by atoms with E-state index in [1.807, 2.05) is 30.3 Å². The number of fused-ring (bicyclic) bond motifs is 1. The van der Waals surface area contributed by atoms with Gasteiger partial charge in [-0.3, -0.25) is 9.20 Å². The van der Waals surface area contributed by atoms with Gasteiger partial charge in [0.2, 0.25) is 5.91 Å². The van der Waals surface area contributed by atoms with Crippen LogP contribution >= 0.6 is 0 Å². The number of hydrogen-bond acceptors (Lipinski definition) is 4. The Morgan fingerprint density at radius 3 is 2.88 bits per heavy atom. The molecule has 3 aromatic rings. The maximum Gasteiger partial charge on any atom is 0.350 e. The first-order chi connectivity index (χ1) is 12.7. The Kier molecular flexibility index (Phi) is 4.53. The average molecular weight is 351 g/mol. The summed E-state index contributed by atoms with van der Waals surface area (Å²) in [6.45, 7) is 1.57. The molecule has 1 saturated carbocycles. The fourth-order valence-electron chi connectivity index (χ4n) is 2.91. The van der Waals surface area contributed by atoms with E-state index in [9.17, 15) is 9.59 Å². The molecule has 1 aliphatic rings. The first kappa shape index (κ1) is 16.5. The van der Waals surface area contributed by atoms with Crippen LogP contribution in [0.1, 0.15) is 18.4 Å². The third kappa shape index (κ3) is 3.83. The van der Waals surface area contributed by atoms with E-state index in [-0.39, 0.29) is 11.6 Å². The van der Waals surface area contributed by atoms with Crippen molar-refractivity contribution in [2.75, 3.05) is 18.4 Å². The van der Waals surface area contributed by atoms with Crippen LogP contribution in [0.15, 0.2) is 53.5 Å². The summed E-state index contributed by atoms with van der Waals surface area (Å²) in [6, 6.07) is 12.9. The first-order valence-corrected chi connectivity index (χ1v) is 8.83. The number of rotatable bonds is 7. The minimum Gasteiger partial charge on any atom is -0.325 e. The van der Waals surface area contributed by atoms with Crippen molar-refractivity contribution in [3.8, 4) is 0 Å². The van der Waals surface area contributed by atoms with Crippen LogP contribution in [-0.2, 0) is 11.3 Å². The Labute approximate surface area is 150 Å². The van der Waals surface area contributed by atoms with Gasteiger partial charge in [0.1, 0.15) is 0 Å². The molecular formula is C19H21N5O2. The van der Waals surface area contributed by atoms with Crippen molar-refractivity contribution in [1.29, 1.82) is 0 Å². The SMILES string of the molecule is O=C(CNCC1CC1)Nc1cccc(Cn2nc3ccccn3c2=O)c1. The Morgan fingerprint density at radius 1 is 1.19 bits per heavy atom. The summed E-state index contributed by atoms with van der Waals surface area (Å²) >= 11 is 0. The maximum absolute atomic E-state index is 12.4. The largest absolute Gasteiger partial charge is 0.350 e. The normalized spacial score (nSPS) is 13.8. The highest BCUT2D eigenvalue weighted by Crippen LogP contribution is 2.27. The number of nitrogens with zero attached hydrogens (tertiary/aromatic N) is 3. The van der Waals surface area contributed by atoms with Crippen molar-refractivity contribution in [3.05, 3.63) is 64.7 Å². The maximum atomic E-state index is 12.4. The number of aromatic nitrogens is 3. The Balaban J connectivity index is 1.42. The minimum absolute atomic E-state index is 0.0623. The van der Waals surface area contributed by atoms with Crippen molar-refractivity contribution in [1.82, 2.24) is 19.5 Å². The van der Waals surface area contributed by atoms with Crippen LogP contribution in [0.25, 0.3) is 5.65 Å². The molecule has 4 rings (SSSR count). The Hall–Kier alpha value is -2.93. The first-order valence-electron chi connectivity index (χ1n) is 8.83. The Morgan fingerprint density at radius 2 is 2.08 bits per heavy atom. The minimum atomic E-state index is -0.181. The van der Waals surface area contributed by atoms with E-state index in [1.165, 1.54) is 21.9 Å². The molecule has 26 heavy (non-hydrogen) atoms. The van der Waals surface area contributed by atoms with Crippen LogP contribution in [0.4, 0.5) is 5.69 Å². The van der Waals surface area contributed by atoms with Gasteiger partial charge in [0, 0.05) is 11.9 Å². The molecule has 2 N–H and O–H groups in total. The average Bonchev–Trinajstić information content (AvgIpc) is 3.40. The molecular weight excluding hydrogens is 330 g/mol. The molecule has 1 amide bonds. The van der Waals surface area contributed by atoms with Gasteiger partial charge in [0.05, 0.1) is 13.1 Å². The van der Waals surface area contributed by atoms with Crippen molar-refractivity contribution < 1.29 is 4.79 Å². The highest BCUT2D eigenvalue weighted by Gasteiger charge is 2.20. The van der Waals surface area contributed by atoms with E-state index < -0.39 is 0 Å². The van der Waals surface area contributed by atoms with Gasteiger partial charge in [-0.1, -0.05) is 18.2 Å². The van der Waals surface area contributed by atoms with Gasteiger partial charge < -0.3 is 10.6 Å². The van der Waals surface area contributed by atoms with E-state index >= 15 is 0 Å². The van der Waals surface area contributed by atoms with Gasteiger partial charge >= 0.3 is 5.69 Å². The van der Waals surface area contributed by atoms with Gasteiger partial charge in [-0.05, 0) is 55.1 Å². The lowest BCUT2D eigenvalue weighted by molar-refractivity contribution is -0.115. The fraction of sp³-hybridized carbons (Fsp3) is 0.316. The number of nitrogens with one attached hydrogen (secondary N) is 2. The van der Waals surface area contributed by atoms with Crippen LogP contribution in [0.2, 0.25) is 0 Å². The topological polar surface area (TPSA) is 80.4 Å². The van der Waals surface area contributed by atoms with E-state index in [0.717, 1.165) is 23.7 Å². The van der Waals surface area contributed by atoms with Crippen LogP contribution < -0.4 is 16.3 Å². The number of amides is 1. The molecule has 0 bridgehead atoms. The lowest BCUT2D eigenvalue weighted by atomic mass is 10.2. The van der Waals surface area contributed by atoms with Gasteiger partial charge in [-0.25, -0.2) is 9.48 Å². The summed E-state index contributed by atoms with van der Waals surface area (Å²) in [5.74, 6) is 0.683. The lowest BCUT2D eigenvalue weighted by Crippen LogP contribution is -2.29. The molecule has 2 aromatic heterocycles. The zero-order valence-corrected chi connectivity index (χ0v) is 14.4. The summed E-state index contributed by atoms with van der Waals surface area (Å²) in [5.41, 5.74) is 2.06. The van der Waals surface area contributed by atoms with Gasteiger partial charge in [-0.2, -0.15) is 0 Å². The summed E-state index contributed by atoms with van der Waals surface area (Å²) in [5, 5.41) is 10.4.